The number of likely N-dealkylation sites (N-methyl/N-ethyl adjacent to an activating group) is 1. The molecule has 1 atom stereocenters. The standard InChI is InChI=1S/C29H34FN3O4S/c1-3-31-29(35)27(21-23-11-6-4-7-12-23)32(22-24-16-18-25(30)19-17-24)28(34)15-10-20-33(38(2,36)37)26-13-8-5-9-14-26/h4-9,11-14,16-19,27H,3,10,15,20-22H2,1-2H3,(H,31,35)/t27-/m0/s1. The van der Waals surface area contributed by atoms with E-state index in [1.807, 2.05) is 37.3 Å². The molecule has 0 radical (unpaired) electrons. The molecule has 0 bridgehead atoms. The van der Waals surface area contributed by atoms with Gasteiger partial charge >= 0.3 is 0 Å². The fraction of sp³-hybridized carbons (Fsp3) is 0.310. The lowest BCUT2D eigenvalue weighted by Gasteiger charge is -2.32. The number of amides is 2. The highest BCUT2D eigenvalue weighted by molar-refractivity contribution is 7.92. The van der Waals surface area contributed by atoms with Crippen LogP contribution < -0.4 is 9.62 Å². The van der Waals surface area contributed by atoms with Crippen molar-refractivity contribution in [2.75, 3.05) is 23.7 Å². The van der Waals surface area contributed by atoms with Gasteiger partial charge in [-0.2, -0.15) is 0 Å². The number of carbonyl (C=O) groups is 2. The number of benzene rings is 3. The number of nitrogens with one attached hydrogen (secondary N) is 1. The Hall–Kier alpha value is -3.72. The maximum atomic E-state index is 13.6. The number of hydrogen-bond donors (Lipinski definition) is 1. The fourth-order valence-corrected chi connectivity index (χ4v) is 5.20. The lowest BCUT2D eigenvalue weighted by atomic mass is 10.0. The van der Waals surface area contributed by atoms with Crippen molar-refractivity contribution in [2.24, 2.45) is 0 Å². The van der Waals surface area contributed by atoms with Gasteiger partial charge in [0.05, 0.1) is 11.9 Å². The number of halogens is 1. The van der Waals surface area contributed by atoms with E-state index in [2.05, 4.69) is 5.32 Å². The third-order valence-electron chi connectivity index (χ3n) is 6.08. The van der Waals surface area contributed by atoms with Gasteiger partial charge in [0.2, 0.25) is 21.8 Å². The molecule has 0 unspecified atom stereocenters. The molecular formula is C29H34FN3O4S. The van der Waals surface area contributed by atoms with Crippen LogP contribution in [0.3, 0.4) is 0 Å². The van der Waals surface area contributed by atoms with E-state index < -0.39 is 21.9 Å². The van der Waals surface area contributed by atoms with E-state index in [0.29, 0.717) is 24.2 Å². The van der Waals surface area contributed by atoms with Crippen molar-refractivity contribution in [1.82, 2.24) is 10.2 Å². The normalized spacial score (nSPS) is 12.0. The first kappa shape index (κ1) is 28.8. The van der Waals surface area contributed by atoms with Crippen molar-refractivity contribution in [3.8, 4) is 0 Å². The van der Waals surface area contributed by atoms with Crippen molar-refractivity contribution in [3.05, 3.63) is 102 Å². The van der Waals surface area contributed by atoms with Crippen LogP contribution in [0, 0.1) is 5.82 Å². The largest absolute Gasteiger partial charge is 0.355 e. The number of hydrogen-bond acceptors (Lipinski definition) is 4. The van der Waals surface area contributed by atoms with Crippen molar-refractivity contribution in [3.63, 3.8) is 0 Å². The van der Waals surface area contributed by atoms with Crippen LogP contribution >= 0.6 is 0 Å². The summed E-state index contributed by atoms with van der Waals surface area (Å²) in [6.45, 7) is 2.45. The number of rotatable bonds is 13. The molecule has 0 aliphatic carbocycles. The SMILES string of the molecule is CCNC(=O)[C@H](Cc1ccccc1)N(Cc1ccc(F)cc1)C(=O)CCCN(c1ccccc1)S(C)(=O)=O. The van der Waals surface area contributed by atoms with Crippen LogP contribution in [0.25, 0.3) is 0 Å². The molecule has 1 N–H and O–H groups in total. The van der Waals surface area contributed by atoms with Gasteiger partial charge in [-0.25, -0.2) is 12.8 Å². The van der Waals surface area contributed by atoms with Crippen molar-refractivity contribution in [1.29, 1.82) is 0 Å². The van der Waals surface area contributed by atoms with Crippen LogP contribution in [0.1, 0.15) is 30.9 Å². The Labute approximate surface area is 224 Å². The Morgan fingerprint density at radius 3 is 2.08 bits per heavy atom. The molecular weight excluding hydrogens is 505 g/mol. The predicted molar refractivity (Wildman–Crippen MR) is 147 cm³/mol. The number of nitrogens with zero attached hydrogens (tertiary/aromatic N) is 2. The third kappa shape index (κ3) is 8.41. The minimum atomic E-state index is -3.56. The number of carbonyl (C=O) groups excluding carboxylic acids is 2. The summed E-state index contributed by atoms with van der Waals surface area (Å²) >= 11 is 0. The minimum Gasteiger partial charge on any atom is -0.355 e. The number of anilines is 1. The average molecular weight is 540 g/mol. The topological polar surface area (TPSA) is 86.8 Å². The zero-order valence-corrected chi connectivity index (χ0v) is 22.5. The molecule has 3 aromatic rings. The van der Waals surface area contributed by atoms with Crippen molar-refractivity contribution < 1.29 is 22.4 Å². The summed E-state index contributed by atoms with van der Waals surface area (Å²) in [6, 6.07) is 23.2. The van der Waals surface area contributed by atoms with Crippen LogP contribution in [0.4, 0.5) is 10.1 Å². The summed E-state index contributed by atoms with van der Waals surface area (Å²) in [4.78, 5) is 28.3. The second-order valence-electron chi connectivity index (χ2n) is 9.02. The summed E-state index contributed by atoms with van der Waals surface area (Å²) in [7, 11) is -3.56. The first-order valence-corrected chi connectivity index (χ1v) is 14.4. The Balaban J connectivity index is 1.84. The molecule has 0 heterocycles. The predicted octanol–water partition coefficient (Wildman–Crippen LogP) is 4.15. The molecule has 0 aliphatic rings. The van der Waals surface area contributed by atoms with Crippen molar-refractivity contribution in [2.45, 2.75) is 38.8 Å². The second kappa shape index (κ2) is 13.7. The van der Waals surface area contributed by atoms with Gasteiger partial charge in [-0.05, 0) is 48.7 Å². The van der Waals surface area contributed by atoms with Crippen LogP contribution in [-0.4, -0.2) is 50.5 Å². The van der Waals surface area contributed by atoms with Gasteiger partial charge in [0, 0.05) is 32.5 Å². The quantitative estimate of drug-likeness (QED) is 0.354. The second-order valence-corrected chi connectivity index (χ2v) is 10.9. The molecule has 0 aromatic heterocycles. The van der Waals surface area contributed by atoms with Gasteiger partial charge in [0.25, 0.3) is 0 Å². The molecule has 0 spiro atoms. The monoisotopic (exact) mass is 539 g/mol. The van der Waals surface area contributed by atoms with Crippen LogP contribution in [0.2, 0.25) is 0 Å². The molecule has 0 saturated carbocycles. The average Bonchev–Trinajstić information content (AvgIpc) is 2.90. The third-order valence-corrected chi connectivity index (χ3v) is 7.28. The first-order chi connectivity index (χ1) is 18.2. The highest BCUT2D eigenvalue weighted by Gasteiger charge is 2.30. The van der Waals surface area contributed by atoms with Gasteiger partial charge in [0.1, 0.15) is 11.9 Å². The summed E-state index contributed by atoms with van der Waals surface area (Å²) in [6.07, 6.45) is 1.73. The minimum absolute atomic E-state index is 0.0325. The number of sulfonamides is 1. The smallest absolute Gasteiger partial charge is 0.243 e. The van der Waals surface area contributed by atoms with E-state index in [4.69, 9.17) is 0 Å². The highest BCUT2D eigenvalue weighted by Crippen LogP contribution is 2.20. The van der Waals surface area contributed by atoms with Gasteiger partial charge in [-0.3, -0.25) is 13.9 Å². The first-order valence-electron chi connectivity index (χ1n) is 12.6. The molecule has 2 amide bonds. The van der Waals surface area contributed by atoms with Gasteiger partial charge in [0.15, 0.2) is 0 Å². The highest BCUT2D eigenvalue weighted by atomic mass is 32.2. The lowest BCUT2D eigenvalue weighted by molar-refractivity contribution is -0.141. The van der Waals surface area contributed by atoms with Crippen molar-refractivity contribution >= 4 is 27.5 Å². The summed E-state index contributed by atoms with van der Waals surface area (Å²) in [5.41, 5.74) is 2.10. The summed E-state index contributed by atoms with van der Waals surface area (Å²) in [5.74, 6) is -0.963. The molecule has 9 heteroatoms. The molecule has 0 saturated heterocycles. The van der Waals surface area contributed by atoms with Crippen LogP contribution in [-0.2, 0) is 32.6 Å². The zero-order valence-electron chi connectivity index (χ0n) is 21.7. The Kier molecular flexibility index (Phi) is 10.4. The van der Waals surface area contributed by atoms with E-state index in [-0.39, 0.29) is 37.7 Å². The molecule has 202 valence electrons. The van der Waals surface area contributed by atoms with Crippen LogP contribution in [0.5, 0.6) is 0 Å². The summed E-state index contributed by atoms with van der Waals surface area (Å²) < 4.78 is 39.7. The van der Waals surface area contributed by atoms with Gasteiger partial charge < -0.3 is 10.2 Å². The molecule has 0 fully saturated rings. The molecule has 3 rings (SSSR count). The lowest BCUT2D eigenvalue weighted by Crippen LogP contribution is -2.50. The zero-order chi connectivity index (χ0) is 27.5. The van der Waals surface area contributed by atoms with E-state index in [1.54, 1.807) is 42.5 Å². The van der Waals surface area contributed by atoms with E-state index in [1.165, 1.54) is 21.3 Å². The maximum Gasteiger partial charge on any atom is 0.243 e. The number of para-hydroxylation sites is 1. The molecule has 38 heavy (non-hydrogen) atoms. The Bertz CT molecular complexity index is 1290. The Morgan fingerprint density at radius 2 is 1.50 bits per heavy atom. The molecule has 3 aromatic carbocycles. The maximum absolute atomic E-state index is 13.6. The van der Waals surface area contributed by atoms with E-state index in [0.717, 1.165) is 11.8 Å². The fourth-order valence-electron chi connectivity index (χ4n) is 4.23. The van der Waals surface area contributed by atoms with E-state index in [9.17, 15) is 22.4 Å². The van der Waals surface area contributed by atoms with E-state index >= 15 is 0 Å². The molecule has 0 aliphatic heterocycles. The van der Waals surface area contributed by atoms with Gasteiger partial charge in [-0.15, -0.1) is 0 Å². The summed E-state index contributed by atoms with van der Waals surface area (Å²) in [5, 5.41) is 2.83. The molecule has 7 nitrogen and oxygen atoms in total. The van der Waals surface area contributed by atoms with Crippen LogP contribution in [0.15, 0.2) is 84.9 Å². The Morgan fingerprint density at radius 1 is 0.895 bits per heavy atom. The van der Waals surface area contributed by atoms with Gasteiger partial charge in [-0.1, -0.05) is 60.7 Å².